The van der Waals surface area contributed by atoms with Gasteiger partial charge in [-0.3, -0.25) is 0 Å². The smallest absolute Gasteiger partial charge is 0.134 e. The SMILES string of the molecule is CCOC1(C(O)c2c(F)ccc(C)c2F)CCCC1. The highest BCUT2D eigenvalue weighted by Crippen LogP contribution is 2.44. The molecule has 0 spiro atoms. The van der Waals surface area contributed by atoms with Crippen molar-refractivity contribution in [3.63, 3.8) is 0 Å². The van der Waals surface area contributed by atoms with E-state index in [0.29, 0.717) is 25.0 Å². The van der Waals surface area contributed by atoms with Gasteiger partial charge >= 0.3 is 0 Å². The zero-order valence-electron chi connectivity index (χ0n) is 11.4. The molecular formula is C15H20F2O2. The van der Waals surface area contributed by atoms with Crippen LogP contribution in [0.25, 0.3) is 0 Å². The predicted octanol–water partition coefficient (Wildman–Crippen LogP) is 3.66. The topological polar surface area (TPSA) is 29.5 Å². The standard InChI is InChI=1S/C15H20F2O2/c1-3-19-15(8-4-5-9-15)14(18)12-11(16)7-6-10(2)13(12)17/h6-7,14,18H,3-5,8-9H2,1-2H3. The molecule has 1 atom stereocenters. The predicted molar refractivity (Wildman–Crippen MR) is 68.9 cm³/mol. The Morgan fingerprint density at radius 2 is 1.95 bits per heavy atom. The average molecular weight is 270 g/mol. The Kier molecular flexibility index (Phi) is 4.21. The van der Waals surface area contributed by atoms with Crippen LogP contribution in [0, 0.1) is 18.6 Å². The monoisotopic (exact) mass is 270 g/mol. The molecule has 0 bridgehead atoms. The van der Waals surface area contributed by atoms with Crippen LogP contribution in [0.4, 0.5) is 8.78 Å². The molecule has 1 unspecified atom stereocenters. The molecule has 1 aromatic carbocycles. The van der Waals surface area contributed by atoms with Gasteiger partial charge in [-0.2, -0.15) is 0 Å². The van der Waals surface area contributed by atoms with Crippen LogP contribution >= 0.6 is 0 Å². The maximum Gasteiger partial charge on any atom is 0.134 e. The number of benzene rings is 1. The van der Waals surface area contributed by atoms with Gasteiger partial charge in [0.1, 0.15) is 17.7 Å². The summed E-state index contributed by atoms with van der Waals surface area (Å²) in [6.45, 7) is 3.81. The Hall–Kier alpha value is -1.00. The maximum absolute atomic E-state index is 14.1. The van der Waals surface area contributed by atoms with Crippen molar-refractivity contribution < 1.29 is 18.6 Å². The molecule has 0 amide bonds. The lowest BCUT2D eigenvalue weighted by Crippen LogP contribution is -2.37. The molecule has 106 valence electrons. The van der Waals surface area contributed by atoms with E-state index >= 15 is 0 Å². The summed E-state index contributed by atoms with van der Waals surface area (Å²) in [6, 6.07) is 2.58. The van der Waals surface area contributed by atoms with Crippen molar-refractivity contribution in [2.45, 2.75) is 51.2 Å². The van der Waals surface area contributed by atoms with E-state index < -0.39 is 23.3 Å². The first-order valence-electron chi connectivity index (χ1n) is 6.78. The van der Waals surface area contributed by atoms with E-state index in [1.165, 1.54) is 12.1 Å². The number of aliphatic hydroxyl groups is 1. The molecule has 0 aliphatic heterocycles. The van der Waals surface area contributed by atoms with Gasteiger partial charge in [0.15, 0.2) is 0 Å². The zero-order valence-corrected chi connectivity index (χ0v) is 11.4. The number of aryl methyl sites for hydroxylation is 1. The van der Waals surface area contributed by atoms with Crippen molar-refractivity contribution in [3.05, 3.63) is 34.9 Å². The molecule has 0 saturated heterocycles. The minimum Gasteiger partial charge on any atom is -0.385 e. The molecule has 2 nitrogen and oxygen atoms in total. The van der Waals surface area contributed by atoms with E-state index in [1.54, 1.807) is 6.92 Å². The van der Waals surface area contributed by atoms with Gasteiger partial charge in [-0.05, 0) is 38.3 Å². The van der Waals surface area contributed by atoms with Crippen molar-refractivity contribution in [1.82, 2.24) is 0 Å². The van der Waals surface area contributed by atoms with Gasteiger partial charge in [-0.1, -0.05) is 18.9 Å². The van der Waals surface area contributed by atoms with Gasteiger partial charge in [0, 0.05) is 6.61 Å². The minimum absolute atomic E-state index is 0.254. The van der Waals surface area contributed by atoms with Crippen LogP contribution in [0.2, 0.25) is 0 Å². The van der Waals surface area contributed by atoms with E-state index in [1.807, 2.05) is 6.92 Å². The number of halogens is 2. The summed E-state index contributed by atoms with van der Waals surface area (Å²) >= 11 is 0. The summed E-state index contributed by atoms with van der Waals surface area (Å²) < 4.78 is 33.7. The van der Waals surface area contributed by atoms with Crippen LogP contribution in [0.1, 0.15) is 49.8 Å². The summed E-state index contributed by atoms with van der Waals surface area (Å²) in [5.41, 5.74) is -0.764. The molecule has 0 aromatic heterocycles. The summed E-state index contributed by atoms with van der Waals surface area (Å²) in [5, 5.41) is 10.5. The maximum atomic E-state index is 14.1. The Morgan fingerprint density at radius 3 is 2.53 bits per heavy atom. The quantitative estimate of drug-likeness (QED) is 0.904. The molecule has 1 aliphatic rings. The van der Waals surface area contributed by atoms with Crippen molar-refractivity contribution in [3.8, 4) is 0 Å². The van der Waals surface area contributed by atoms with Gasteiger partial charge in [-0.25, -0.2) is 8.78 Å². The van der Waals surface area contributed by atoms with Crippen molar-refractivity contribution in [2.75, 3.05) is 6.61 Å². The van der Waals surface area contributed by atoms with Crippen LogP contribution in [-0.2, 0) is 4.74 Å². The fraction of sp³-hybridized carbons (Fsp3) is 0.600. The third-order valence-electron chi connectivity index (χ3n) is 3.97. The van der Waals surface area contributed by atoms with Gasteiger partial charge in [0.05, 0.1) is 11.2 Å². The molecule has 4 heteroatoms. The Morgan fingerprint density at radius 1 is 1.32 bits per heavy atom. The van der Waals surface area contributed by atoms with Crippen LogP contribution in [0.15, 0.2) is 12.1 Å². The van der Waals surface area contributed by atoms with E-state index in [4.69, 9.17) is 4.74 Å². The van der Waals surface area contributed by atoms with E-state index in [2.05, 4.69) is 0 Å². The van der Waals surface area contributed by atoms with Crippen LogP contribution in [-0.4, -0.2) is 17.3 Å². The summed E-state index contributed by atoms with van der Waals surface area (Å²) in [7, 11) is 0. The average Bonchev–Trinajstić information content (AvgIpc) is 2.84. The number of aliphatic hydroxyl groups excluding tert-OH is 1. The lowest BCUT2D eigenvalue weighted by Gasteiger charge is -2.34. The lowest BCUT2D eigenvalue weighted by molar-refractivity contribution is -0.120. The van der Waals surface area contributed by atoms with Crippen LogP contribution in [0.3, 0.4) is 0 Å². The molecule has 0 radical (unpaired) electrons. The number of ether oxygens (including phenoxy) is 1. The highest BCUT2D eigenvalue weighted by molar-refractivity contribution is 5.30. The second kappa shape index (κ2) is 5.55. The first-order chi connectivity index (χ1) is 9.02. The van der Waals surface area contributed by atoms with Gasteiger partial charge in [-0.15, -0.1) is 0 Å². The first-order valence-corrected chi connectivity index (χ1v) is 6.78. The molecule has 1 aromatic rings. The summed E-state index contributed by atoms with van der Waals surface area (Å²) in [5.74, 6) is -1.37. The lowest BCUT2D eigenvalue weighted by atomic mass is 9.88. The van der Waals surface area contributed by atoms with Gasteiger partial charge in [0.25, 0.3) is 0 Å². The molecule has 1 aliphatic carbocycles. The van der Waals surface area contributed by atoms with E-state index in [0.717, 1.165) is 12.8 Å². The van der Waals surface area contributed by atoms with Crippen LogP contribution in [0.5, 0.6) is 0 Å². The van der Waals surface area contributed by atoms with Gasteiger partial charge < -0.3 is 9.84 Å². The van der Waals surface area contributed by atoms with E-state index in [-0.39, 0.29) is 5.56 Å². The van der Waals surface area contributed by atoms with Crippen molar-refractivity contribution >= 4 is 0 Å². The third-order valence-corrected chi connectivity index (χ3v) is 3.97. The Balaban J connectivity index is 2.42. The number of hydrogen-bond acceptors (Lipinski definition) is 2. The molecule has 2 rings (SSSR count). The van der Waals surface area contributed by atoms with Crippen molar-refractivity contribution in [1.29, 1.82) is 0 Å². The molecule has 1 fully saturated rings. The summed E-state index contributed by atoms with van der Waals surface area (Å²) in [6.07, 6.45) is 1.83. The Bertz CT molecular complexity index is 454. The normalized spacial score (nSPS) is 19.6. The highest BCUT2D eigenvalue weighted by Gasteiger charge is 2.44. The highest BCUT2D eigenvalue weighted by atomic mass is 19.1. The molecule has 19 heavy (non-hydrogen) atoms. The molecule has 0 heterocycles. The largest absolute Gasteiger partial charge is 0.385 e. The molecular weight excluding hydrogens is 250 g/mol. The fourth-order valence-electron chi connectivity index (χ4n) is 2.95. The number of rotatable bonds is 4. The second-order valence-corrected chi connectivity index (χ2v) is 5.20. The zero-order chi connectivity index (χ0) is 14.0. The minimum atomic E-state index is -1.25. The van der Waals surface area contributed by atoms with Crippen LogP contribution < -0.4 is 0 Å². The number of hydrogen-bond donors (Lipinski definition) is 1. The second-order valence-electron chi connectivity index (χ2n) is 5.20. The van der Waals surface area contributed by atoms with E-state index in [9.17, 15) is 13.9 Å². The van der Waals surface area contributed by atoms with Crippen molar-refractivity contribution in [2.24, 2.45) is 0 Å². The van der Waals surface area contributed by atoms with Gasteiger partial charge in [0.2, 0.25) is 0 Å². The first kappa shape index (κ1) is 14.4. The molecule has 1 saturated carbocycles. The fourth-order valence-corrected chi connectivity index (χ4v) is 2.95. The summed E-state index contributed by atoms with van der Waals surface area (Å²) in [4.78, 5) is 0. The molecule has 1 N–H and O–H groups in total. The Labute approximate surface area is 112 Å². The third kappa shape index (κ3) is 2.51.